The van der Waals surface area contributed by atoms with Crippen LogP contribution in [0.4, 0.5) is 0 Å². The Morgan fingerprint density at radius 3 is 2.87 bits per heavy atom. The van der Waals surface area contributed by atoms with Gasteiger partial charge in [-0.25, -0.2) is 0 Å². The summed E-state index contributed by atoms with van der Waals surface area (Å²) in [4.78, 5) is 12.2. The fourth-order valence-corrected chi connectivity index (χ4v) is 2.36. The number of para-hydroxylation sites is 2. The fourth-order valence-electron chi connectivity index (χ4n) is 2.36. The molecule has 0 unspecified atom stereocenters. The number of carbonyl (C=O) groups excluding carboxylic acids is 1. The Morgan fingerprint density at radius 2 is 2.04 bits per heavy atom. The fraction of sp³-hybridized carbons (Fsp3) is 0.278. The molecule has 0 fully saturated rings. The SMILES string of the molecule is CCOc1cccc(CNC(=O)[C@@H]2COc3ccccc3O2)c1. The van der Waals surface area contributed by atoms with E-state index in [1.807, 2.05) is 49.4 Å². The maximum atomic E-state index is 12.2. The molecule has 0 spiro atoms. The lowest BCUT2D eigenvalue weighted by Crippen LogP contribution is -2.43. The van der Waals surface area contributed by atoms with Crippen LogP contribution in [0.25, 0.3) is 0 Å². The van der Waals surface area contributed by atoms with E-state index in [0.29, 0.717) is 24.7 Å². The molecular formula is C18H19NO4. The largest absolute Gasteiger partial charge is 0.494 e. The smallest absolute Gasteiger partial charge is 0.264 e. The first kappa shape index (κ1) is 15.2. The monoisotopic (exact) mass is 313 g/mol. The van der Waals surface area contributed by atoms with E-state index in [1.54, 1.807) is 6.07 Å². The third-order valence-corrected chi connectivity index (χ3v) is 3.48. The summed E-state index contributed by atoms with van der Waals surface area (Å²) in [5.41, 5.74) is 0.974. The first-order valence-electron chi connectivity index (χ1n) is 7.64. The van der Waals surface area contributed by atoms with Crippen molar-refractivity contribution < 1.29 is 19.0 Å². The van der Waals surface area contributed by atoms with E-state index >= 15 is 0 Å². The number of hydrogen-bond acceptors (Lipinski definition) is 4. The van der Waals surface area contributed by atoms with Crippen LogP contribution in [0.1, 0.15) is 12.5 Å². The Bertz CT molecular complexity index is 686. The van der Waals surface area contributed by atoms with Crippen LogP contribution in [0.15, 0.2) is 48.5 Å². The van der Waals surface area contributed by atoms with E-state index in [-0.39, 0.29) is 12.5 Å². The van der Waals surface area contributed by atoms with Gasteiger partial charge in [0.2, 0.25) is 6.10 Å². The second-order valence-electron chi connectivity index (χ2n) is 5.16. The van der Waals surface area contributed by atoms with Crippen molar-refractivity contribution in [2.75, 3.05) is 13.2 Å². The number of benzene rings is 2. The van der Waals surface area contributed by atoms with Gasteiger partial charge in [0.05, 0.1) is 6.61 Å². The van der Waals surface area contributed by atoms with E-state index in [2.05, 4.69) is 5.32 Å². The zero-order valence-electron chi connectivity index (χ0n) is 13.0. The minimum absolute atomic E-state index is 0.193. The highest BCUT2D eigenvalue weighted by atomic mass is 16.6. The number of hydrogen-bond donors (Lipinski definition) is 1. The molecule has 0 bridgehead atoms. The average molecular weight is 313 g/mol. The number of ether oxygens (including phenoxy) is 3. The zero-order valence-corrected chi connectivity index (χ0v) is 13.0. The lowest BCUT2D eigenvalue weighted by atomic mass is 10.2. The summed E-state index contributed by atoms with van der Waals surface area (Å²) in [6.45, 7) is 3.18. The molecule has 2 aromatic carbocycles. The molecule has 1 amide bonds. The minimum Gasteiger partial charge on any atom is -0.494 e. The molecule has 5 nitrogen and oxygen atoms in total. The molecule has 1 heterocycles. The molecule has 1 atom stereocenters. The van der Waals surface area contributed by atoms with E-state index in [4.69, 9.17) is 14.2 Å². The Labute approximate surface area is 135 Å². The van der Waals surface area contributed by atoms with E-state index in [1.165, 1.54) is 0 Å². The van der Waals surface area contributed by atoms with Crippen LogP contribution in [-0.4, -0.2) is 25.2 Å². The van der Waals surface area contributed by atoms with Gasteiger partial charge in [0.25, 0.3) is 5.91 Å². The van der Waals surface area contributed by atoms with Crippen LogP contribution < -0.4 is 19.5 Å². The molecule has 5 heteroatoms. The maximum absolute atomic E-state index is 12.2. The molecule has 120 valence electrons. The van der Waals surface area contributed by atoms with Gasteiger partial charge in [-0.2, -0.15) is 0 Å². The van der Waals surface area contributed by atoms with Gasteiger partial charge in [-0.1, -0.05) is 24.3 Å². The van der Waals surface area contributed by atoms with Gasteiger partial charge >= 0.3 is 0 Å². The first-order valence-corrected chi connectivity index (χ1v) is 7.64. The summed E-state index contributed by atoms with van der Waals surface area (Å²) in [6.07, 6.45) is -0.639. The highest BCUT2D eigenvalue weighted by Gasteiger charge is 2.26. The summed E-state index contributed by atoms with van der Waals surface area (Å²) in [6, 6.07) is 15.0. The molecule has 1 aliphatic heterocycles. The van der Waals surface area contributed by atoms with Crippen LogP contribution in [-0.2, 0) is 11.3 Å². The summed E-state index contributed by atoms with van der Waals surface area (Å²) >= 11 is 0. The van der Waals surface area contributed by atoms with E-state index in [0.717, 1.165) is 11.3 Å². The van der Waals surface area contributed by atoms with Crippen molar-refractivity contribution in [2.24, 2.45) is 0 Å². The molecule has 1 aliphatic rings. The average Bonchev–Trinajstić information content (AvgIpc) is 2.60. The second kappa shape index (κ2) is 7.05. The lowest BCUT2D eigenvalue weighted by Gasteiger charge is -2.25. The van der Waals surface area contributed by atoms with Gasteiger partial charge in [-0.3, -0.25) is 4.79 Å². The van der Waals surface area contributed by atoms with Gasteiger partial charge in [-0.15, -0.1) is 0 Å². The molecule has 0 aliphatic carbocycles. The quantitative estimate of drug-likeness (QED) is 0.921. The van der Waals surface area contributed by atoms with Crippen LogP contribution in [0.3, 0.4) is 0 Å². The predicted octanol–water partition coefficient (Wildman–Crippen LogP) is 2.54. The normalized spacial score (nSPS) is 15.8. The molecule has 1 N–H and O–H groups in total. The lowest BCUT2D eigenvalue weighted by molar-refractivity contribution is -0.130. The van der Waals surface area contributed by atoms with Crippen LogP contribution in [0, 0.1) is 0 Å². The Kier molecular flexibility index (Phi) is 4.66. The summed E-state index contributed by atoms with van der Waals surface area (Å²) in [7, 11) is 0. The number of nitrogens with one attached hydrogen (secondary N) is 1. The van der Waals surface area contributed by atoms with Gasteiger partial charge in [0.15, 0.2) is 11.5 Å². The predicted molar refractivity (Wildman–Crippen MR) is 85.8 cm³/mol. The van der Waals surface area contributed by atoms with Crippen molar-refractivity contribution in [3.63, 3.8) is 0 Å². The van der Waals surface area contributed by atoms with Gasteiger partial charge in [0, 0.05) is 6.54 Å². The number of amides is 1. The van der Waals surface area contributed by atoms with Gasteiger partial charge < -0.3 is 19.5 Å². The van der Waals surface area contributed by atoms with Crippen LogP contribution >= 0.6 is 0 Å². The number of carbonyl (C=O) groups is 1. The molecular weight excluding hydrogens is 294 g/mol. The number of rotatable bonds is 5. The van der Waals surface area contributed by atoms with Crippen molar-refractivity contribution in [1.29, 1.82) is 0 Å². The van der Waals surface area contributed by atoms with E-state index < -0.39 is 6.10 Å². The molecule has 0 saturated carbocycles. The molecule has 3 rings (SSSR count). The molecule has 0 radical (unpaired) electrons. The minimum atomic E-state index is -0.639. The van der Waals surface area contributed by atoms with Crippen LogP contribution in [0.5, 0.6) is 17.2 Å². The zero-order chi connectivity index (χ0) is 16.1. The van der Waals surface area contributed by atoms with Crippen molar-refractivity contribution in [3.8, 4) is 17.2 Å². The Hall–Kier alpha value is -2.69. The van der Waals surface area contributed by atoms with Crippen molar-refractivity contribution in [3.05, 3.63) is 54.1 Å². The van der Waals surface area contributed by atoms with Gasteiger partial charge in [-0.05, 0) is 36.8 Å². The first-order chi connectivity index (χ1) is 11.3. The molecule has 23 heavy (non-hydrogen) atoms. The standard InChI is InChI=1S/C18H19NO4/c1-2-21-14-7-5-6-13(10-14)11-19-18(20)17-12-22-15-8-3-4-9-16(15)23-17/h3-10,17H,2,11-12H2,1H3,(H,19,20)/t17-/m0/s1. The highest BCUT2D eigenvalue weighted by Crippen LogP contribution is 2.30. The Balaban J connectivity index is 1.57. The third-order valence-electron chi connectivity index (χ3n) is 3.48. The molecule has 0 aromatic heterocycles. The third kappa shape index (κ3) is 3.74. The van der Waals surface area contributed by atoms with Crippen molar-refractivity contribution >= 4 is 5.91 Å². The summed E-state index contributed by atoms with van der Waals surface area (Å²) in [5.74, 6) is 1.87. The maximum Gasteiger partial charge on any atom is 0.264 e. The second-order valence-corrected chi connectivity index (χ2v) is 5.16. The van der Waals surface area contributed by atoms with Crippen molar-refractivity contribution in [1.82, 2.24) is 5.32 Å². The van der Waals surface area contributed by atoms with Gasteiger partial charge in [0.1, 0.15) is 12.4 Å². The number of fused-ring (bicyclic) bond motifs is 1. The highest BCUT2D eigenvalue weighted by molar-refractivity contribution is 5.81. The Morgan fingerprint density at radius 1 is 1.22 bits per heavy atom. The topological polar surface area (TPSA) is 56.8 Å². The van der Waals surface area contributed by atoms with E-state index in [9.17, 15) is 4.79 Å². The summed E-state index contributed by atoms with van der Waals surface area (Å²) in [5, 5.41) is 2.87. The van der Waals surface area contributed by atoms with Crippen LogP contribution in [0.2, 0.25) is 0 Å². The summed E-state index contributed by atoms with van der Waals surface area (Å²) < 4.78 is 16.7. The molecule has 0 saturated heterocycles. The molecule has 2 aromatic rings. The van der Waals surface area contributed by atoms with Crippen molar-refractivity contribution in [2.45, 2.75) is 19.6 Å².